The number of alkyl halides is 3. The minimum Gasteiger partial charge on any atom is -0.469 e. The maximum Gasteiger partial charge on any atom is 0.422 e. The fourth-order valence-corrected chi connectivity index (χ4v) is 3.55. The van der Waals surface area contributed by atoms with E-state index in [0.717, 1.165) is 12.3 Å². The summed E-state index contributed by atoms with van der Waals surface area (Å²) in [6, 6.07) is 0.378. The first-order valence-electron chi connectivity index (χ1n) is 9.55. The van der Waals surface area contributed by atoms with Crippen LogP contribution in [0.4, 0.5) is 17.6 Å². The Bertz CT molecular complexity index is 1000. The molecular formula is C20H21F4N3O4. The summed E-state index contributed by atoms with van der Waals surface area (Å²) in [6.45, 7) is 1.44. The maximum absolute atomic E-state index is 14.6. The van der Waals surface area contributed by atoms with Crippen molar-refractivity contribution in [1.29, 1.82) is 0 Å². The summed E-state index contributed by atoms with van der Waals surface area (Å²) in [7, 11) is 1.29. The third-order valence-electron chi connectivity index (χ3n) is 5.26. The van der Waals surface area contributed by atoms with Gasteiger partial charge >= 0.3 is 12.1 Å². The number of rotatable bonds is 6. The lowest BCUT2D eigenvalue weighted by atomic mass is 9.85. The van der Waals surface area contributed by atoms with Gasteiger partial charge in [-0.15, -0.1) is 0 Å². The number of halogens is 4. The number of ether oxygens (including phenoxy) is 2. The van der Waals surface area contributed by atoms with Gasteiger partial charge in [0.15, 0.2) is 18.2 Å². The molecule has 0 bridgehead atoms. The zero-order valence-electron chi connectivity index (χ0n) is 17.1. The lowest BCUT2D eigenvalue weighted by Gasteiger charge is -2.23. The Morgan fingerprint density at radius 2 is 2.06 bits per heavy atom. The molecule has 2 atom stereocenters. The normalized spacial score (nSPS) is 17.1. The van der Waals surface area contributed by atoms with E-state index >= 15 is 0 Å². The Balaban J connectivity index is 2.06. The molecule has 168 valence electrons. The van der Waals surface area contributed by atoms with Gasteiger partial charge in [0.2, 0.25) is 5.88 Å². The van der Waals surface area contributed by atoms with Gasteiger partial charge in [0.1, 0.15) is 6.04 Å². The van der Waals surface area contributed by atoms with E-state index in [1.54, 1.807) is 6.92 Å². The molecule has 11 heteroatoms. The molecule has 3 rings (SSSR count). The van der Waals surface area contributed by atoms with Crippen molar-refractivity contribution in [1.82, 2.24) is 14.8 Å². The van der Waals surface area contributed by atoms with Crippen molar-refractivity contribution in [3.05, 3.63) is 29.3 Å². The van der Waals surface area contributed by atoms with Gasteiger partial charge in [0.05, 0.1) is 24.9 Å². The highest BCUT2D eigenvalue weighted by Gasteiger charge is 2.34. The van der Waals surface area contributed by atoms with Crippen LogP contribution < -0.4 is 4.74 Å². The highest BCUT2D eigenvalue weighted by molar-refractivity contribution is 5.80. The molecule has 0 spiro atoms. The molecule has 2 heterocycles. The van der Waals surface area contributed by atoms with Crippen LogP contribution in [0.5, 0.6) is 5.88 Å². The van der Waals surface area contributed by atoms with Crippen LogP contribution >= 0.6 is 0 Å². The number of esters is 1. The van der Waals surface area contributed by atoms with E-state index in [1.807, 2.05) is 0 Å². The molecular weight excluding hydrogens is 422 g/mol. The van der Waals surface area contributed by atoms with Crippen molar-refractivity contribution < 1.29 is 36.6 Å². The number of pyridine rings is 1. The number of carbonyl (C=O) groups excluding carboxylic acids is 2. The lowest BCUT2D eigenvalue weighted by Crippen LogP contribution is -2.27. The SMILES string of the molecule is COC(=O)[C@@H]1CCc2c(-c3cc(OCC(F)(F)F)ncc3F)nn(C(C)C(C)=O)c2C1. The Labute approximate surface area is 175 Å². The van der Waals surface area contributed by atoms with Crippen molar-refractivity contribution >= 4 is 11.8 Å². The van der Waals surface area contributed by atoms with Crippen molar-refractivity contribution in [3.8, 4) is 17.1 Å². The quantitative estimate of drug-likeness (QED) is 0.502. The second kappa shape index (κ2) is 8.64. The predicted molar refractivity (Wildman–Crippen MR) is 99.9 cm³/mol. The smallest absolute Gasteiger partial charge is 0.422 e. The summed E-state index contributed by atoms with van der Waals surface area (Å²) in [5.74, 6) is -2.22. The third kappa shape index (κ3) is 4.86. The van der Waals surface area contributed by atoms with E-state index in [0.29, 0.717) is 24.1 Å². The molecule has 31 heavy (non-hydrogen) atoms. The standard InChI is InChI=1S/C20H21F4N3O4/c1-10(11(2)28)27-16-6-12(19(29)30-3)4-5-13(16)18(26-27)14-7-17(25-8-15(14)21)31-9-20(22,23)24/h7-8,10,12H,4-6,9H2,1-3H3/t10?,12-/m1/s1. The van der Waals surface area contributed by atoms with Crippen molar-refractivity contribution in [2.24, 2.45) is 5.92 Å². The summed E-state index contributed by atoms with van der Waals surface area (Å²) < 4.78 is 62.9. The average Bonchev–Trinajstić information content (AvgIpc) is 3.09. The molecule has 1 aliphatic rings. The number of hydrogen-bond acceptors (Lipinski definition) is 6. The topological polar surface area (TPSA) is 83.3 Å². The first-order chi connectivity index (χ1) is 14.5. The molecule has 1 aliphatic carbocycles. The summed E-state index contributed by atoms with van der Waals surface area (Å²) in [5, 5.41) is 4.41. The van der Waals surface area contributed by atoms with Crippen molar-refractivity contribution in [2.45, 2.75) is 45.3 Å². The van der Waals surface area contributed by atoms with Gasteiger partial charge in [0, 0.05) is 29.3 Å². The fourth-order valence-electron chi connectivity index (χ4n) is 3.55. The molecule has 0 aromatic carbocycles. The van der Waals surface area contributed by atoms with E-state index in [1.165, 1.54) is 18.7 Å². The predicted octanol–water partition coefficient (Wildman–Crippen LogP) is 3.45. The monoisotopic (exact) mass is 443 g/mol. The largest absolute Gasteiger partial charge is 0.469 e. The minimum atomic E-state index is -4.57. The number of nitrogens with zero attached hydrogens (tertiary/aromatic N) is 3. The number of carbonyl (C=O) groups is 2. The van der Waals surface area contributed by atoms with Gasteiger partial charge in [-0.1, -0.05) is 0 Å². The summed E-state index contributed by atoms with van der Waals surface area (Å²) in [5.41, 5.74) is 1.31. The lowest BCUT2D eigenvalue weighted by molar-refractivity contribution is -0.154. The zero-order chi connectivity index (χ0) is 22.9. The Hall–Kier alpha value is -2.98. The second-order valence-corrected chi connectivity index (χ2v) is 7.37. The summed E-state index contributed by atoms with van der Waals surface area (Å²) >= 11 is 0. The van der Waals surface area contributed by atoms with Crippen LogP contribution in [0.3, 0.4) is 0 Å². The number of methoxy groups -OCH3 is 1. The molecule has 0 saturated carbocycles. The number of hydrogen-bond donors (Lipinski definition) is 0. The van der Waals surface area contributed by atoms with Crippen LogP contribution in [0.1, 0.15) is 37.6 Å². The third-order valence-corrected chi connectivity index (χ3v) is 5.26. The van der Waals surface area contributed by atoms with E-state index in [9.17, 15) is 27.2 Å². The van der Waals surface area contributed by atoms with Crippen LogP contribution in [0.25, 0.3) is 11.3 Å². The average molecular weight is 443 g/mol. The number of fused-ring (bicyclic) bond motifs is 1. The maximum atomic E-state index is 14.6. The van der Waals surface area contributed by atoms with Crippen LogP contribution in [0.15, 0.2) is 12.3 Å². The van der Waals surface area contributed by atoms with Crippen LogP contribution in [0, 0.1) is 11.7 Å². The number of ketones is 1. The van der Waals surface area contributed by atoms with Crippen LogP contribution in [-0.4, -0.2) is 46.4 Å². The van der Waals surface area contributed by atoms with Gasteiger partial charge < -0.3 is 9.47 Å². The molecule has 0 fully saturated rings. The van der Waals surface area contributed by atoms with E-state index in [2.05, 4.69) is 14.8 Å². The van der Waals surface area contributed by atoms with Gasteiger partial charge in [-0.2, -0.15) is 18.3 Å². The molecule has 0 amide bonds. The van der Waals surface area contributed by atoms with Crippen molar-refractivity contribution in [3.63, 3.8) is 0 Å². The fraction of sp³-hybridized carbons (Fsp3) is 0.500. The highest BCUT2D eigenvalue weighted by atomic mass is 19.4. The Kier molecular flexibility index (Phi) is 6.33. The van der Waals surface area contributed by atoms with Gasteiger partial charge in [0.25, 0.3) is 0 Å². The summed E-state index contributed by atoms with van der Waals surface area (Å²) in [6.07, 6.45) is -2.78. The van der Waals surface area contributed by atoms with Gasteiger partial charge in [-0.05, 0) is 26.7 Å². The van der Waals surface area contributed by atoms with Crippen LogP contribution in [0.2, 0.25) is 0 Å². The van der Waals surface area contributed by atoms with E-state index in [4.69, 9.17) is 4.74 Å². The molecule has 1 unspecified atom stereocenters. The summed E-state index contributed by atoms with van der Waals surface area (Å²) in [4.78, 5) is 27.6. The molecule has 0 radical (unpaired) electrons. The van der Waals surface area contributed by atoms with Crippen LogP contribution in [-0.2, 0) is 27.2 Å². The van der Waals surface area contributed by atoms with Gasteiger partial charge in [-0.25, -0.2) is 9.37 Å². The molecule has 2 aromatic heterocycles. The Morgan fingerprint density at radius 3 is 2.68 bits per heavy atom. The Morgan fingerprint density at radius 1 is 1.35 bits per heavy atom. The van der Waals surface area contributed by atoms with Crippen molar-refractivity contribution in [2.75, 3.05) is 13.7 Å². The zero-order valence-corrected chi connectivity index (χ0v) is 17.1. The second-order valence-electron chi connectivity index (χ2n) is 7.37. The molecule has 7 nitrogen and oxygen atoms in total. The molecule has 0 N–H and O–H groups in total. The first kappa shape index (κ1) is 22.7. The van der Waals surface area contributed by atoms with E-state index in [-0.39, 0.29) is 23.5 Å². The van der Waals surface area contributed by atoms with E-state index < -0.39 is 42.4 Å². The first-order valence-corrected chi connectivity index (χ1v) is 9.55. The number of Topliss-reactive ketones (excluding diaryl/α,β-unsaturated/α-hetero) is 1. The highest BCUT2D eigenvalue weighted by Crippen LogP contribution is 2.37. The molecule has 0 aliphatic heterocycles. The minimum absolute atomic E-state index is 0.0885. The molecule has 2 aromatic rings. The molecule has 0 saturated heterocycles. The van der Waals surface area contributed by atoms with Gasteiger partial charge in [-0.3, -0.25) is 14.3 Å². The number of aromatic nitrogens is 3.